The van der Waals surface area contributed by atoms with E-state index in [-0.39, 0.29) is 12.5 Å². The highest BCUT2D eigenvalue weighted by molar-refractivity contribution is 5.93. The van der Waals surface area contributed by atoms with E-state index in [0.29, 0.717) is 22.8 Å². The predicted molar refractivity (Wildman–Crippen MR) is 69.6 cm³/mol. The zero-order chi connectivity index (χ0) is 13.8. The largest absolute Gasteiger partial charge is 0.461 e. The van der Waals surface area contributed by atoms with Crippen molar-refractivity contribution in [1.29, 1.82) is 0 Å². The van der Waals surface area contributed by atoms with E-state index in [0.717, 1.165) is 0 Å². The molecule has 1 N–H and O–H groups in total. The summed E-state index contributed by atoms with van der Waals surface area (Å²) in [5.74, 6) is 0.947. The van der Waals surface area contributed by atoms with Crippen LogP contribution in [0.4, 0.5) is 0 Å². The van der Waals surface area contributed by atoms with Crippen LogP contribution in [0.2, 0.25) is 0 Å². The van der Waals surface area contributed by atoms with Crippen molar-refractivity contribution in [2.24, 2.45) is 0 Å². The van der Waals surface area contributed by atoms with E-state index in [2.05, 4.69) is 15.5 Å². The molecule has 6 nitrogen and oxygen atoms in total. The van der Waals surface area contributed by atoms with Crippen LogP contribution in [0.3, 0.4) is 0 Å². The fourth-order valence-electron chi connectivity index (χ4n) is 1.71. The van der Waals surface area contributed by atoms with Crippen molar-refractivity contribution in [1.82, 2.24) is 15.5 Å². The molecule has 0 saturated carbocycles. The van der Waals surface area contributed by atoms with Crippen molar-refractivity contribution in [3.8, 4) is 11.5 Å². The molecule has 3 heterocycles. The summed E-state index contributed by atoms with van der Waals surface area (Å²) in [6.07, 6.45) is 4.70. The Bertz CT molecular complexity index is 690. The number of furan rings is 1. The van der Waals surface area contributed by atoms with Gasteiger partial charge < -0.3 is 14.3 Å². The number of carbonyl (C=O) groups is 1. The maximum Gasteiger partial charge on any atom is 0.251 e. The van der Waals surface area contributed by atoms with Gasteiger partial charge in [0.25, 0.3) is 5.91 Å². The van der Waals surface area contributed by atoms with Gasteiger partial charge in [-0.3, -0.25) is 9.78 Å². The molecule has 0 unspecified atom stereocenters. The minimum Gasteiger partial charge on any atom is -0.461 e. The zero-order valence-corrected chi connectivity index (χ0v) is 10.4. The van der Waals surface area contributed by atoms with Crippen molar-refractivity contribution >= 4 is 5.91 Å². The second-order valence-corrected chi connectivity index (χ2v) is 4.08. The summed E-state index contributed by atoms with van der Waals surface area (Å²) in [6.45, 7) is 0.283. The number of nitrogens with zero attached hydrogens (tertiary/aromatic N) is 2. The summed E-state index contributed by atoms with van der Waals surface area (Å²) in [6, 6.07) is 8.56. The molecule has 3 rings (SSSR count). The highest BCUT2D eigenvalue weighted by atomic mass is 16.5. The van der Waals surface area contributed by atoms with E-state index in [1.54, 1.807) is 49.0 Å². The Kier molecular flexibility index (Phi) is 3.28. The monoisotopic (exact) mass is 269 g/mol. The number of aromatic nitrogens is 2. The van der Waals surface area contributed by atoms with Gasteiger partial charge in [0.1, 0.15) is 5.69 Å². The maximum absolute atomic E-state index is 11.8. The van der Waals surface area contributed by atoms with E-state index >= 15 is 0 Å². The van der Waals surface area contributed by atoms with Gasteiger partial charge in [0.2, 0.25) is 5.76 Å². The summed E-state index contributed by atoms with van der Waals surface area (Å²) in [5.41, 5.74) is 1.17. The topological polar surface area (TPSA) is 81.2 Å². The molecule has 0 atom stereocenters. The standard InChI is InChI=1S/C14H11N3O3/c18-14(10-3-5-15-6-4-10)16-9-11-8-13(20-17-11)12-2-1-7-19-12/h1-8H,9H2,(H,16,18). The van der Waals surface area contributed by atoms with Crippen LogP contribution in [0, 0.1) is 0 Å². The smallest absolute Gasteiger partial charge is 0.251 e. The quantitative estimate of drug-likeness (QED) is 0.785. The average Bonchev–Trinajstić information content (AvgIpc) is 3.16. The van der Waals surface area contributed by atoms with E-state index in [9.17, 15) is 4.79 Å². The van der Waals surface area contributed by atoms with Gasteiger partial charge in [-0.05, 0) is 24.3 Å². The highest BCUT2D eigenvalue weighted by Crippen LogP contribution is 2.20. The second kappa shape index (κ2) is 5.40. The van der Waals surface area contributed by atoms with Crippen LogP contribution in [0.5, 0.6) is 0 Å². The molecule has 0 radical (unpaired) electrons. The molecule has 100 valence electrons. The summed E-state index contributed by atoms with van der Waals surface area (Å²) in [4.78, 5) is 15.7. The Labute approximate surface area is 114 Å². The van der Waals surface area contributed by atoms with Crippen molar-refractivity contribution in [2.45, 2.75) is 6.54 Å². The Balaban J connectivity index is 1.63. The van der Waals surface area contributed by atoms with Crippen LogP contribution in [-0.4, -0.2) is 16.0 Å². The van der Waals surface area contributed by atoms with Gasteiger partial charge >= 0.3 is 0 Å². The van der Waals surface area contributed by atoms with Gasteiger partial charge in [-0.25, -0.2) is 0 Å². The van der Waals surface area contributed by atoms with Crippen LogP contribution in [0.1, 0.15) is 16.1 Å². The SMILES string of the molecule is O=C(NCc1cc(-c2ccco2)on1)c1ccncc1. The number of pyridine rings is 1. The molecule has 3 aromatic rings. The number of nitrogens with one attached hydrogen (secondary N) is 1. The third kappa shape index (κ3) is 2.59. The van der Waals surface area contributed by atoms with Crippen LogP contribution in [-0.2, 0) is 6.54 Å². The first-order valence-corrected chi connectivity index (χ1v) is 6.00. The molecule has 0 aromatic carbocycles. The van der Waals surface area contributed by atoms with E-state index < -0.39 is 0 Å². The first kappa shape index (κ1) is 12.2. The van der Waals surface area contributed by atoms with Crippen LogP contribution < -0.4 is 5.32 Å². The number of hydrogen-bond donors (Lipinski definition) is 1. The molecular weight excluding hydrogens is 258 g/mol. The summed E-state index contributed by atoms with van der Waals surface area (Å²) < 4.78 is 10.3. The van der Waals surface area contributed by atoms with Crippen molar-refractivity contribution in [2.75, 3.05) is 0 Å². The van der Waals surface area contributed by atoms with E-state index in [4.69, 9.17) is 8.94 Å². The number of carbonyl (C=O) groups excluding carboxylic acids is 1. The number of rotatable bonds is 4. The molecule has 20 heavy (non-hydrogen) atoms. The van der Waals surface area contributed by atoms with E-state index in [1.807, 2.05) is 0 Å². The Morgan fingerprint density at radius 3 is 2.80 bits per heavy atom. The predicted octanol–water partition coefficient (Wildman–Crippen LogP) is 2.26. The van der Waals surface area contributed by atoms with Crippen LogP contribution >= 0.6 is 0 Å². The molecule has 0 fully saturated rings. The fourth-order valence-corrected chi connectivity index (χ4v) is 1.71. The molecule has 0 spiro atoms. The molecule has 0 bridgehead atoms. The van der Waals surface area contributed by atoms with Gasteiger partial charge in [0.15, 0.2) is 5.76 Å². The molecule has 3 aromatic heterocycles. The summed E-state index contributed by atoms with van der Waals surface area (Å²) in [5, 5.41) is 6.63. The summed E-state index contributed by atoms with van der Waals surface area (Å²) in [7, 11) is 0. The third-order valence-electron chi connectivity index (χ3n) is 2.70. The minimum absolute atomic E-state index is 0.185. The number of hydrogen-bond acceptors (Lipinski definition) is 5. The molecule has 0 aliphatic heterocycles. The van der Waals surface area contributed by atoms with Crippen molar-refractivity contribution in [3.63, 3.8) is 0 Å². The first-order chi connectivity index (χ1) is 9.83. The lowest BCUT2D eigenvalue weighted by Crippen LogP contribution is -2.22. The minimum atomic E-state index is -0.185. The van der Waals surface area contributed by atoms with Gasteiger partial charge in [0, 0.05) is 24.0 Å². The molecule has 0 aliphatic rings. The Morgan fingerprint density at radius 2 is 2.05 bits per heavy atom. The van der Waals surface area contributed by atoms with Gasteiger partial charge in [-0.15, -0.1) is 0 Å². The molecule has 0 aliphatic carbocycles. The van der Waals surface area contributed by atoms with Crippen molar-refractivity contribution < 1.29 is 13.7 Å². The van der Waals surface area contributed by atoms with Crippen LogP contribution in [0.25, 0.3) is 11.5 Å². The summed E-state index contributed by atoms with van der Waals surface area (Å²) >= 11 is 0. The fraction of sp³-hybridized carbons (Fsp3) is 0.0714. The molecule has 6 heteroatoms. The zero-order valence-electron chi connectivity index (χ0n) is 10.4. The highest BCUT2D eigenvalue weighted by Gasteiger charge is 2.10. The lowest BCUT2D eigenvalue weighted by atomic mass is 10.2. The molecular formula is C14H11N3O3. The normalized spacial score (nSPS) is 10.4. The lowest BCUT2D eigenvalue weighted by Gasteiger charge is -2.01. The van der Waals surface area contributed by atoms with Gasteiger partial charge in [0.05, 0.1) is 12.8 Å². The third-order valence-corrected chi connectivity index (χ3v) is 2.70. The Hall–Kier alpha value is -2.89. The average molecular weight is 269 g/mol. The van der Waals surface area contributed by atoms with E-state index in [1.165, 1.54) is 0 Å². The maximum atomic E-state index is 11.8. The van der Waals surface area contributed by atoms with Gasteiger partial charge in [-0.2, -0.15) is 0 Å². The second-order valence-electron chi connectivity index (χ2n) is 4.08. The number of amides is 1. The molecule has 1 amide bonds. The Morgan fingerprint density at radius 1 is 1.20 bits per heavy atom. The first-order valence-electron chi connectivity index (χ1n) is 6.00. The molecule has 0 saturated heterocycles. The lowest BCUT2D eigenvalue weighted by molar-refractivity contribution is 0.0950. The van der Waals surface area contributed by atoms with Crippen molar-refractivity contribution in [3.05, 3.63) is 60.2 Å². The van der Waals surface area contributed by atoms with Crippen LogP contribution in [0.15, 0.2) is 57.9 Å². The van der Waals surface area contributed by atoms with Gasteiger partial charge in [-0.1, -0.05) is 5.16 Å².